The van der Waals surface area contributed by atoms with Crippen molar-refractivity contribution < 1.29 is 17.9 Å². The number of thiazole rings is 1. The number of aromatic nitrogens is 1. The third-order valence-corrected chi connectivity index (χ3v) is 8.03. The van der Waals surface area contributed by atoms with Crippen molar-refractivity contribution in [2.24, 2.45) is 4.99 Å². The number of rotatable bonds is 10. The van der Waals surface area contributed by atoms with Gasteiger partial charge in [-0.1, -0.05) is 23.5 Å². The third-order valence-electron chi connectivity index (χ3n) is 5.08. The highest BCUT2D eigenvalue weighted by molar-refractivity contribution is 7.89. The number of fused-ring (bicyclic) bond motifs is 1. The number of benzene rings is 2. The van der Waals surface area contributed by atoms with E-state index in [2.05, 4.69) is 11.6 Å². The number of ether oxygens (including phenoxy) is 1. The van der Waals surface area contributed by atoms with Crippen molar-refractivity contribution in [1.29, 1.82) is 10.5 Å². The Kier molecular flexibility index (Phi) is 8.55. The average Bonchev–Trinajstić information content (AvgIpc) is 3.21. The number of para-hydroxylation sites is 1. The van der Waals surface area contributed by atoms with Crippen LogP contribution in [0.4, 0.5) is 0 Å². The van der Waals surface area contributed by atoms with E-state index in [1.807, 2.05) is 34.9 Å². The van der Waals surface area contributed by atoms with Crippen molar-refractivity contribution in [2.45, 2.75) is 24.3 Å². The molecule has 0 N–H and O–H groups in total. The lowest BCUT2D eigenvalue weighted by molar-refractivity contribution is 0.0997. The molecule has 0 aliphatic carbocycles. The van der Waals surface area contributed by atoms with E-state index in [9.17, 15) is 13.2 Å². The number of hydrogen-bond acceptors (Lipinski definition) is 7. The number of nitrogens with zero attached hydrogens (tertiary/aromatic N) is 5. The van der Waals surface area contributed by atoms with Crippen molar-refractivity contribution in [3.8, 4) is 17.9 Å². The monoisotopic (exact) mass is 509 g/mol. The minimum Gasteiger partial charge on any atom is -0.495 e. The number of hydrogen-bond donors (Lipinski definition) is 0. The number of nitriles is 2. The Hall–Kier alpha value is -3.77. The number of allylic oxidation sites excluding steroid dienone is 1. The van der Waals surface area contributed by atoms with Crippen LogP contribution in [0.5, 0.6) is 5.75 Å². The van der Waals surface area contributed by atoms with Crippen LogP contribution in [-0.4, -0.2) is 43.4 Å². The molecule has 1 aromatic heterocycles. The van der Waals surface area contributed by atoms with Crippen LogP contribution >= 0.6 is 11.3 Å². The van der Waals surface area contributed by atoms with Gasteiger partial charge in [-0.3, -0.25) is 4.79 Å². The van der Waals surface area contributed by atoms with Gasteiger partial charge in [0, 0.05) is 38.0 Å². The molecule has 180 valence electrons. The SMILES string of the molecule is C=CCn1c(=NC(=O)c2ccc(S(=O)(=O)N(CCC#N)CCC#N)cc2)sc2cccc(OC)c21. The molecule has 9 nitrogen and oxygen atoms in total. The molecular formula is C24H23N5O4S2. The van der Waals surface area contributed by atoms with E-state index in [0.29, 0.717) is 17.1 Å². The van der Waals surface area contributed by atoms with Crippen LogP contribution in [0.15, 0.2) is 65.0 Å². The maximum absolute atomic E-state index is 13.0. The Labute approximate surface area is 207 Å². The van der Waals surface area contributed by atoms with Gasteiger partial charge in [0.05, 0.1) is 28.8 Å². The molecule has 0 bridgehead atoms. The summed E-state index contributed by atoms with van der Waals surface area (Å²) < 4.78 is 35.2. The summed E-state index contributed by atoms with van der Waals surface area (Å²) in [5, 5.41) is 17.7. The Bertz CT molecular complexity index is 1470. The predicted octanol–water partition coefficient (Wildman–Crippen LogP) is 3.46. The fraction of sp³-hybridized carbons (Fsp3) is 0.250. The van der Waals surface area contributed by atoms with Gasteiger partial charge >= 0.3 is 0 Å². The Morgan fingerprint density at radius 3 is 2.40 bits per heavy atom. The van der Waals surface area contributed by atoms with Crippen LogP contribution in [-0.2, 0) is 16.6 Å². The summed E-state index contributed by atoms with van der Waals surface area (Å²) in [7, 11) is -2.35. The number of amides is 1. The van der Waals surface area contributed by atoms with Crippen LogP contribution in [0.1, 0.15) is 23.2 Å². The second-order valence-electron chi connectivity index (χ2n) is 7.25. The molecule has 0 saturated heterocycles. The molecule has 0 aliphatic heterocycles. The molecule has 0 saturated carbocycles. The number of methoxy groups -OCH3 is 1. The maximum Gasteiger partial charge on any atom is 0.279 e. The van der Waals surface area contributed by atoms with E-state index in [1.54, 1.807) is 13.2 Å². The van der Waals surface area contributed by atoms with Crippen LogP contribution in [0.3, 0.4) is 0 Å². The zero-order valence-electron chi connectivity index (χ0n) is 19.0. The van der Waals surface area contributed by atoms with E-state index >= 15 is 0 Å². The number of carbonyl (C=O) groups is 1. The average molecular weight is 510 g/mol. The van der Waals surface area contributed by atoms with Crippen molar-refractivity contribution in [3.05, 3.63) is 65.5 Å². The van der Waals surface area contributed by atoms with Gasteiger partial charge in [0.15, 0.2) is 4.80 Å². The molecule has 0 spiro atoms. The predicted molar refractivity (Wildman–Crippen MR) is 132 cm³/mol. The van der Waals surface area contributed by atoms with Crippen molar-refractivity contribution in [1.82, 2.24) is 8.87 Å². The molecular weight excluding hydrogens is 486 g/mol. The number of carbonyl (C=O) groups excluding carboxylic acids is 1. The van der Waals surface area contributed by atoms with Gasteiger partial charge in [0.2, 0.25) is 10.0 Å². The maximum atomic E-state index is 13.0. The lowest BCUT2D eigenvalue weighted by atomic mass is 10.2. The van der Waals surface area contributed by atoms with E-state index in [4.69, 9.17) is 15.3 Å². The minimum atomic E-state index is -3.92. The largest absolute Gasteiger partial charge is 0.495 e. The molecule has 3 rings (SSSR count). The summed E-state index contributed by atoms with van der Waals surface area (Å²) >= 11 is 1.34. The van der Waals surface area contributed by atoms with E-state index < -0.39 is 15.9 Å². The smallest absolute Gasteiger partial charge is 0.279 e. The van der Waals surface area contributed by atoms with E-state index in [-0.39, 0.29) is 36.4 Å². The van der Waals surface area contributed by atoms with Gasteiger partial charge in [-0.25, -0.2) is 8.42 Å². The molecule has 35 heavy (non-hydrogen) atoms. The molecule has 2 aromatic carbocycles. The topological polar surface area (TPSA) is 129 Å². The van der Waals surface area contributed by atoms with Gasteiger partial charge in [-0.2, -0.15) is 19.8 Å². The zero-order valence-corrected chi connectivity index (χ0v) is 20.7. The highest BCUT2D eigenvalue weighted by Gasteiger charge is 2.24. The highest BCUT2D eigenvalue weighted by atomic mass is 32.2. The second kappa shape index (κ2) is 11.6. The fourth-order valence-electron chi connectivity index (χ4n) is 3.42. The Balaban J connectivity index is 1.96. The lowest BCUT2D eigenvalue weighted by Gasteiger charge is -2.20. The first-order chi connectivity index (χ1) is 16.9. The second-order valence-corrected chi connectivity index (χ2v) is 10.2. The number of sulfonamides is 1. The molecule has 11 heteroatoms. The van der Waals surface area contributed by atoms with E-state index in [0.717, 1.165) is 14.5 Å². The first-order valence-corrected chi connectivity index (χ1v) is 12.8. The molecule has 1 amide bonds. The summed E-state index contributed by atoms with van der Waals surface area (Å²) in [4.78, 5) is 17.6. The van der Waals surface area contributed by atoms with E-state index in [1.165, 1.54) is 35.6 Å². The Morgan fingerprint density at radius 2 is 1.83 bits per heavy atom. The standard InChI is InChI=1S/C24H23N5O4S2/c1-3-15-29-22-20(33-2)7-4-8-21(22)34-24(29)27-23(30)18-9-11-19(12-10-18)35(31,32)28(16-5-13-25)17-6-14-26/h3-4,7-12H,1,5-6,15-17H2,2H3. The van der Waals surface area contributed by atoms with Gasteiger partial charge in [0.1, 0.15) is 11.3 Å². The molecule has 3 aromatic rings. The minimum absolute atomic E-state index is 0.00473. The summed E-state index contributed by atoms with van der Waals surface area (Å²) in [6.45, 7) is 4.16. The molecule has 0 unspecified atom stereocenters. The van der Waals surface area contributed by atoms with Gasteiger partial charge in [-0.05, 0) is 36.4 Å². The highest BCUT2D eigenvalue weighted by Crippen LogP contribution is 2.27. The van der Waals surface area contributed by atoms with Gasteiger partial charge < -0.3 is 9.30 Å². The fourth-order valence-corrected chi connectivity index (χ4v) is 5.91. The lowest BCUT2D eigenvalue weighted by Crippen LogP contribution is -2.32. The molecule has 0 atom stereocenters. The van der Waals surface area contributed by atoms with Gasteiger partial charge in [0.25, 0.3) is 5.91 Å². The first kappa shape index (κ1) is 25.8. The van der Waals surface area contributed by atoms with Crippen LogP contribution in [0.25, 0.3) is 10.2 Å². The van der Waals surface area contributed by atoms with Crippen molar-refractivity contribution >= 4 is 37.5 Å². The summed E-state index contributed by atoms with van der Waals surface area (Å²) in [5.74, 6) is 0.129. The van der Waals surface area contributed by atoms with Crippen LogP contribution in [0.2, 0.25) is 0 Å². The quantitative estimate of drug-likeness (QED) is 0.385. The summed E-state index contributed by atoms with van der Waals surface area (Å²) in [6, 6.07) is 14.9. The molecule has 1 heterocycles. The van der Waals surface area contributed by atoms with Crippen molar-refractivity contribution in [3.63, 3.8) is 0 Å². The first-order valence-electron chi connectivity index (χ1n) is 10.6. The molecule has 0 fully saturated rings. The molecule has 0 aliphatic rings. The van der Waals surface area contributed by atoms with Gasteiger partial charge in [-0.15, -0.1) is 6.58 Å². The van der Waals surface area contributed by atoms with Crippen LogP contribution < -0.4 is 9.54 Å². The molecule has 0 radical (unpaired) electrons. The van der Waals surface area contributed by atoms with Crippen LogP contribution in [0, 0.1) is 22.7 Å². The van der Waals surface area contributed by atoms with Crippen molar-refractivity contribution in [2.75, 3.05) is 20.2 Å². The summed E-state index contributed by atoms with van der Waals surface area (Å²) in [6.07, 6.45) is 1.71. The normalized spacial score (nSPS) is 11.8. The Morgan fingerprint density at radius 1 is 1.17 bits per heavy atom. The zero-order chi connectivity index (χ0) is 25.4. The third kappa shape index (κ3) is 5.66. The summed E-state index contributed by atoms with van der Waals surface area (Å²) in [5.41, 5.74) is 1.03.